The van der Waals surface area contributed by atoms with Gasteiger partial charge >= 0.3 is 0 Å². The molecular weight excluding hydrogens is 402 g/mol. The second-order valence-corrected chi connectivity index (χ2v) is 9.04. The molecule has 32 heavy (non-hydrogen) atoms. The van der Waals surface area contributed by atoms with Gasteiger partial charge in [-0.2, -0.15) is 0 Å². The number of rotatable bonds is 3. The Balaban J connectivity index is 1.35. The van der Waals surface area contributed by atoms with E-state index in [1.165, 1.54) is 5.56 Å². The Hall–Kier alpha value is -3.41. The van der Waals surface area contributed by atoms with E-state index in [1.54, 1.807) is 4.90 Å². The van der Waals surface area contributed by atoms with Gasteiger partial charge in [-0.1, -0.05) is 12.1 Å². The Labute approximate surface area is 186 Å². The molecule has 1 saturated heterocycles. The third kappa shape index (κ3) is 3.60. The number of hydrogen-bond acceptors (Lipinski definition) is 3. The van der Waals surface area contributed by atoms with Gasteiger partial charge in [-0.15, -0.1) is 0 Å². The Morgan fingerprint density at radius 3 is 2.56 bits per heavy atom. The van der Waals surface area contributed by atoms with E-state index in [-0.39, 0.29) is 23.8 Å². The molecule has 2 N–H and O–H groups in total. The molecule has 164 valence electrons. The van der Waals surface area contributed by atoms with Crippen molar-refractivity contribution in [3.63, 3.8) is 0 Å². The first-order valence-corrected chi connectivity index (χ1v) is 11.3. The van der Waals surface area contributed by atoms with E-state index in [0.717, 1.165) is 59.0 Å². The first-order valence-electron chi connectivity index (χ1n) is 11.3. The summed E-state index contributed by atoms with van der Waals surface area (Å²) in [6.45, 7) is 4.42. The lowest BCUT2D eigenvalue weighted by Gasteiger charge is -2.18. The fourth-order valence-electron chi connectivity index (χ4n) is 4.91. The Kier molecular flexibility index (Phi) is 5.08. The third-order valence-electron chi connectivity index (χ3n) is 6.90. The highest BCUT2D eigenvalue weighted by Crippen LogP contribution is 2.29. The van der Waals surface area contributed by atoms with Crippen molar-refractivity contribution < 1.29 is 9.59 Å². The van der Waals surface area contributed by atoms with Crippen LogP contribution in [0.25, 0.3) is 10.9 Å². The first kappa shape index (κ1) is 20.5. The summed E-state index contributed by atoms with van der Waals surface area (Å²) in [5.41, 5.74) is 6.51. The van der Waals surface area contributed by atoms with Crippen LogP contribution in [0.3, 0.4) is 0 Å². The lowest BCUT2D eigenvalue weighted by Crippen LogP contribution is -2.28. The van der Waals surface area contributed by atoms with Crippen molar-refractivity contribution in [1.29, 1.82) is 0 Å². The highest BCUT2D eigenvalue weighted by atomic mass is 16.2. The molecule has 6 heteroatoms. The van der Waals surface area contributed by atoms with Crippen molar-refractivity contribution in [2.45, 2.75) is 46.0 Å². The van der Waals surface area contributed by atoms with Crippen LogP contribution in [0, 0.1) is 19.8 Å². The standard InChI is InChI=1S/C26H27N3O3/c1-15-7-9-19(11-16(15)2)29-14-17(12-24(29)30)25(31)27-18-8-10-21-20-5-3-4-6-22(20)26(32)28-23(21)13-18/h7-11,13,17H,3-6,12,14H2,1-2H3,(H,27,31)(H,28,32). The fraction of sp³-hybridized carbons (Fsp3) is 0.346. The zero-order valence-corrected chi connectivity index (χ0v) is 18.5. The number of benzene rings is 2. The van der Waals surface area contributed by atoms with Gasteiger partial charge in [0.15, 0.2) is 0 Å². The molecule has 0 bridgehead atoms. The molecule has 0 radical (unpaired) electrons. The highest BCUT2D eigenvalue weighted by molar-refractivity contribution is 6.04. The maximum atomic E-state index is 12.9. The molecule has 2 heterocycles. The van der Waals surface area contributed by atoms with Crippen molar-refractivity contribution in [3.8, 4) is 0 Å². The lowest BCUT2D eigenvalue weighted by molar-refractivity contribution is -0.122. The highest BCUT2D eigenvalue weighted by Gasteiger charge is 2.35. The number of nitrogens with one attached hydrogen (secondary N) is 2. The van der Waals surface area contributed by atoms with E-state index in [4.69, 9.17) is 0 Å². The number of fused-ring (bicyclic) bond motifs is 3. The topological polar surface area (TPSA) is 82.3 Å². The number of aromatic nitrogens is 1. The number of aryl methyl sites for hydroxylation is 3. The van der Waals surface area contributed by atoms with Crippen LogP contribution in [0.15, 0.2) is 41.2 Å². The van der Waals surface area contributed by atoms with Gasteiger partial charge in [-0.05, 0) is 80.5 Å². The van der Waals surface area contributed by atoms with Crippen LogP contribution in [0.5, 0.6) is 0 Å². The van der Waals surface area contributed by atoms with Crippen molar-refractivity contribution >= 4 is 34.1 Å². The van der Waals surface area contributed by atoms with E-state index in [0.29, 0.717) is 12.2 Å². The number of amides is 2. The molecule has 1 aliphatic heterocycles. The predicted molar refractivity (Wildman–Crippen MR) is 126 cm³/mol. The van der Waals surface area contributed by atoms with E-state index < -0.39 is 5.92 Å². The van der Waals surface area contributed by atoms with Crippen molar-refractivity contribution in [3.05, 3.63) is 69.0 Å². The number of anilines is 2. The summed E-state index contributed by atoms with van der Waals surface area (Å²) >= 11 is 0. The maximum Gasteiger partial charge on any atom is 0.251 e. The molecule has 3 aromatic rings. The third-order valence-corrected chi connectivity index (χ3v) is 6.90. The molecule has 2 aliphatic rings. The summed E-state index contributed by atoms with van der Waals surface area (Å²) < 4.78 is 0. The van der Waals surface area contributed by atoms with Crippen molar-refractivity contribution in [1.82, 2.24) is 4.98 Å². The molecule has 1 aliphatic carbocycles. The molecule has 1 atom stereocenters. The summed E-state index contributed by atoms with van der Waals surface area (Å²) in [5, 5.41) is 4.00. The van der Waals surface area contributed by atoms with Crippen LogP contribution in [0.2, 0.25) is 0 Å². The number of H-pyrrole nitrogens is 1. The van der Waals surface area contributed by atoms with Crippen LogP contribution in [-0.4, -0.2) is 23.3 Å². The molecule has 5 rings (SSSR count). The van der Waals surface area contributed by atoms with Crippen molar-refractivity contribution in [2.24, 2.45) is 5.92 Å². The van der Waals surface area contributed by atoms with E-state index in [1.807, 2.05) is 50.2 Å². The number of nitrogens with zero attached hydrogens (tertiary/aromatic N) is 1. The zero-order chi connectivity index (χ0) is 22.4. The summed E-state index contributed by atoms with van der Waals surface area (Å²) in [4.78, 5) is 42.7. The van der Waals surface area contributed by atoms with Gasteiger partial charge in [-0.25, -0.2) is 0 Å². The van der Waals surface area contributed by atoms with Crippen LogP contribution >= 0.6 is 0 Å². The molecule has 2 amide bonds. The predicted octanol–water partition coefficient (Wildman–Crippen LogP) is 4.02. The zero-order valence-electron chi connectivity index (χ0n) is 18.5. The minimum Gasteiger partial charge on any atom is -0.326 e. The average Bonchev–Trinajstić information content (AvgIpc) is 3.17. The van der Waals surface area contributed by atoms with Crippen LogP contribution < -0.4 is 15.8 Å². The second kappa shape index (κ2) is 7.93. The second-order valence-electron chi connectivity index (χ2n) is 9.04. The van der Waals surface area contributed by atoms with Gasteiger partial charge in [-0.3, -0.25) is 14.4 Å². The van der Waals surface area contributed by atoms with E-state index in [2.05, 4.69) is 10.3 Å². The minimum absolute atomic E-state index is 0.0268. The monoisotopic (exact) mass is 429 g/mol. The van der Waals surface area contributed by atoms with Gasteiger partial charge < -0.3 is 15.2 Å². The van der Waals surface area contributed by atoms with Gasteiger partial charge in [0.05, 0.1) is 11.4 Å². The molecule has 1 fully saturated rings. The first-order chi connectivity index (χ1) is 15.4. The Morgan fingerprint density at radius 2 is 1.78 bits per heavy atom. The van der Waals surface area contributed by atoms with Crippen LogP contribution in [0.4, 0.5) is 11.4 Å². The minimum atomic E-state index is -0.414. The lowest BCUT2D eigenvalue weighted by atomic mass is 9.90. The fourth-order valence-corrected chi connectivity index (χ4v) is 4.91. The SMILES string of the molecule is Cc1ccc(N2CC(C(=O)Nc3ccc4c5c(c(=O)[nH]c4c3)CCCC5)CC2=O)cc1C. The molecule has 0 spiro atoms. The number of aromatic amines is 1. The van der Waals surface area contributed by atoms with Gasteiger partial charge in [0, 0.05) is 35.3 Å². The summed E-state index contributed by atoms with van der Waals surface area (Å²) in [5.74, 6) is -0.630. The summed E-state index contributed by atoms with van der Waals surface area (Å²) in [7, 11) is 0. The van der Waals surface area contributed by atoms with Gasteiger partial charge in [0.1, 0.15) is 0 Å². The Bertz CT molecular complexity index is 1310. The molecule has 1 unspecified atom stereocenters. The average molecular weight is 430 g/mol. The molecular formula is C26H27N3O3. The van der Waals surface area contributed by atoms with Crippen molar-refractivity contribution in [2.75, 3.05) is 16.8 Å². The van der Waals surface area contributed by atoms with Gasteiger partial charge in [0.2, 0.25) is 11.8 Å². The Morgan fingerprint density at radius 1 is 1.00 bits per heavy atom. The molecule has 6 nitrogen and oxygen atoms in total. The molecule has 1 aromatic heterocycles. The quantitative estimate of drug-likeness (QED) is 0.660. The van der Waals surface area contributed by atoms with E-state index in [9.17, 15) is 14.4 Å². The van der Waals surface area contributed by atoms with Gasteiger partial charge in [0.25, 0.3) is 5.56 Å². The largest absolute Gasteiger partial charge is 0.326 e. The maximum absolute atomic E-state index is 12.9. The summed E-state index contributed by atoms with van der Waals surface area (Å²) in [6, 6.07) is 11.6. The number of pyridine rings is 1. The van der Waals surface area contributed by atoms with Crippen LogP contribution in [-0.2, 0) is 22.4 Å². The molecule has 0 saturated carbocycles. The summed E-state index contributed by atoms with van der Waals surface area (Å²) in [6.07, 6.45) is 4.08. The number of carbonyl (C=O) groups excluding carboxylic acids is 2. The normalized spacial score (nSPS) is 18.1. The smallest absolute Gasteiger partial charge is 0.251 e. The van der Waals surface area contributed by atoms with E-state index >= 15 is 0 Å². The molecule has 2 aromatic carbocycles. The number of hydrogen-bond donors (Lipinski definition) is 2. The number of carbonyl (C=O) groups is 2. The van der Waals surface area contributed by atoms with Crippen LogP contribution in [0.1, 0.15) is 41.5 Å².